The molecule has 7 heteroatoms. The fourth-order valence-corrected chi connectivity index (χ4v) is 3.67. The van der Waals surface area contributed by atoms with E-state index in [0.717, 1.165) is 38.9 Å². The molecule has 0 radical (unpaired) electrons. The number of carbonyl (C=O) groups excluding carboxylic acids is 2. The molecule has 2 aliphatic rings. The number of nitrogens with one attached hydrogen (secondary N) is 1. The minimum Gasteiger partial charge on any atom is -0.326 e. The van der Waals surface area contributed by atoms with E-state index < -0.39 is 0 Å². The van der Waals surface area contributed by atoms with E-state index in [4.69, 9.17) is 5.26 Å². The van der Waals surface area contributed by atoms with Crippen molar-refractivity contribution in [3.63, 3.8) is 0 Å². The Labute approximate surface area is 160 Å². The van der Waals surface area contributed by atoms with Crippen LogP contribution in [0.1, 0.15) is 18.4 Å². The summed E-state index contributed by atoms with van der Waals surface area (Å²) in [4.78, 5) is 30.0. The Hall–Kier alpha value is -2.59. The molecule has 2 saturated heterocycles. The number of amides is 3. The molecule has 0 saturated carbocycles. The third-order valence-corrected chi connectivity index (χ3v) is 5.25. The van der Waals surface area contributed by atoms with Crippen molar-refractivity contribution >= 4 is 11.9 Å². The van der Waals surface area contributed by atoms with Gasteiger partial charge in [0, 0.05) is 39.3 Å². The molecular formula is C20H27N5O2. The van der Waals surface area contributed by atoms with Gasteiger partial charge in [0.25, 0.3) is 0 Å². The van der Waals surface area contributed by atoms with Crippen LogP contribution in [0, 0.1) is 11.3 Å². The van der Waals surface area contributed by atoms with Crippen molar-refractivity contribution in [2.75, 3.05) is 45.8 Å². The Bertz CT molecular complexity index is 687. The highest BCUT2D eigenvalue weighted by Gasteiger charge is 2.29. The summed E-state index contributed by atoms with van der Waals surface area (Å²) >= 11 is 0. The van der Waals surface area contributed by atoms with Crippen LogP contribution in [0.4, 0.5) is 4.79 Å². The first-order valence-corrected chi connectivity index (χ1v) is 9.66. The van der Waals surface area contributed by atoms with E-state index in [2.05, 4.69) is 23.5 Å². The summed E-state index contributed by atoms with van der Waals surface area (Å²) in [7, 11) is 0. The molecule has 3 amide bonds. The Morgan fingerprint density at radius 2 is 1.89 bits per heavy atom. The van der Waals surface area contributed by atoms with Crippen LogP contribution >= 0.6 is 0 Å². The van der Waals surface area contributed by atoms with Crippen molar-refractivity contribution in [1.29, 1.82) is 5.26 Å². The molecule has 144 valence electrons. The van der Waals surface area contributed by atoms with Gasteiger partial charge in [0.05, 0.1) is 12.6 Å². The highest BCUT2D eigenvalue weighted by molar-refractivity contribution is 5.79. The molecule has 3 rings (SSSR count). The molecule has 27 heavy (non-hydrogen) atoms. The van der Waals surface area contributed by atoms with Crippen LogP contribution in [-0.2, 0) is 11.2 Å². The molecule has 1 aromatic rings. The predicted octanol–water partition coefficient (Wildman–Crippen LogP) is 1.07. The summed E-state index contributed by atoms with van der Waals surface area (Å²) < 4.78 is 0. The van der Waals surface area contributed by atoms with E-state index in [1.807, 2.05) is 28.0 Å². The van der Waals surface area contributed by atoms with Crippen LogP contribution in [0.15, 0.2) is 30.3 Å². The Morgan fingerprint density at radius 3 is 2.63 bits per heavy atom. The lowest BCUT2D eigenvalue weighted by atomic mass is 10.1. The van der Waals surface area contributed by atoms with Gasteiger partial charge in [-0.25, -0.2) is 4.79 Å². The number of carbonyl (C=O) groups is 2. The summed E-state index contributed by atoms with van der Waals surface area (Å²) in [6, 6.07) is 12.2. The monoisotopic (exact) mass is 369 g/mol. The Balaban J connectivity index is 1.34. The number of rotatable bonds is 8. The lowest BCUT2D eigenvalue weighted by Crippen LogP contribution is -2.43. The molecule has 0 aliphatic carbocycles. The molecule has 1 N–H and O–H groups in total. The van der Waals surface area contributed by atoms with Crippen LogP contribution in [0.5, 0.6) is 0 Å². The van der Waals surface area contributed by atoms with Gasteiger partial charge in [-0.15, -0.1) is 0 Å². The van der Waals surface area contributed by atoms with Crippen molar-refractivity contribution in [2.24, 2.45) is 0 Å². The molecule has 0 bridgehead atoms. The van der Waals surface area contributed by atoms with Crippen LogP contribution in [0.3, 0.4) is 0 Å². The zero-order chi connectivity index (χ0) is 19.1. The third kappa shape index (κ3) is 4.98. The normalized spacial score (nSPS) is 19.6. The summed E-state index contributed by atoms with van der Waals surface area (Å²) in [5.74, 6) is -0.0312. The van der Waals surface area contributed by atoms with Gasteiger partial charge in [0.1, 0.15) is 6.04 Å². The first-order chi connectivity index (χ1) is 13.2. The SMILES string of the molecule is N#CC1CCCN1C(=O)CNCCN1CCN(CCc2ccccc2)C1=O. The number of nitriles is 1. The largest absolute Gasteiger partial charge is 0.326 e. The lowest BCUT2D eigenvalue weighted by Gasteiger charge is -2.21. The van der Waals surface area contributed by atoms with E-state index in [-0.39, 0.29) is 24.5 Å². The highest BCUT2D eigenvalue weighted by atomic mass is 16.2. The molecular weight excluding hydrogens is 342 g/mol. The minimum absolute atomic E-state index is 0.0312. The van der Waals surface area contributed by atoms with Crippen LogP contribution in [0.25, 0.3) is 0 Å². The Morgan fingerprint density at radius 1 is 1.15 bits per heavy atom. The van der Waals surface area contributed by atoms with E-state index in [1.54, 1.807) is 4.90 Å². The van der Waals surface area contributed by atoms with E-state index >= 15 is 0 Å². The number of hydrogen-bond donors (Lipinski definition) is 1. The molecule has 1 aromatic carbocycles. The molecule has 7 nitrogen and oxygen atoms in total. The molecule has 0 aromatic heterocycles. The van der Waals surface area contributed by atoms with Gasteiger partial charge in [0.2, 0.25) is 5.91 Å². The third-order valence-electron chi connectivity index (χ3n) is 5.25. The van der Waals surface area contributed by atoms with Crippen LogP contribution in [0.2, 0.25) is 0 Å². The number of hydrogen-bond acceptors (Lipinski definition) is 4. The fourth-order valence-electron chi connectivity index (χ4n) is 3.67. The first-order valence-electron chi connectivity index (χ1n) is 9.66. The second-order valence-corrected chi connectivity index (χ2v) is 7.04. The Kier molecular flexibility index (Phi) is 6.66. The quantitative estimate of drug-likeness (QED) is 0.695. The second-order valence-electron chi connectivity index (χ2n) is 7.04. The number of benzene rings is 1. The maximum Gasteiger partial charge on any atom is 0.320 e. The summed E-state index contributed by atoms with van der Waals surface area (Å²) in [6.07, 6.45) is 2.53. The van der Waals surface area contributed by atoms with Gasteiger partial charge in [-0.1, -0.05) is 30.3 Å². The zero-order valence-electron chi connectivity index (χ0n) is 15.6. The van der Waals surface area contributed by atoms with Gasteiger partial charge in [-0.3, -0.25) is 4.79 Å². The molecule has 1 unspecified atom stereocenters. The maximum atomic E-state index is 12.5. The average molecular weight is 369 g/mol. The van der Waals surface area contributed by atoms with E-state index in [1.165, 1.54) is 5.56 Å². The summed E-state index contributed by atoms with van der Waals surface area (Å²) in [5, 5.41) is 12.2. The van der Waals surface area contributed by atoms with Crippen LogP contribution < -0.4 is 5.32 Å². The maximum absolute atomic E-state index is 12.5. The number of likely N-dealkylation sites (tertiary alicyclic amines) is 1. The van der Waals surface area contributed by atoms with Gasteiger partial charge in [-0.2, -0.15) is 5.26 Å². The topological polar surface area (TPSA) is 79.7 Å². The first kappa shape index (κ1) is 19.2. The predicted molar refractivity (Wildman–Crippen MR) is 102 cm³/mol. The smallest absolute Gasteiger partial charge is 0.320 e. The van der Waals surface area contributed by atoms with Gasteiger partial charge in [-0.05, 0) is 24.8 Å². The molecule has 0 spiro atoms. The van der Waals surface area contributed by atoms with Gasteiger partial charge >= 0.3 is 6.03 Å². The zero-order valence-corrected chi connectivity index (χ0v) is 15.6. The number of urea groups is 1. The van der Waals surface area contributed by atoms with Crippen molar-refractivity contribution in [3.8, 4) is 6.07 Å². The van der Waals surface area contributed by atoms with Gasteiger partial charge < -0.3 is 20.0 Å². The van der Waals surface area contributed by atoms with Gasteiger partial charge in [0.15, 0.2) is 0 Å². The summed E-state index contributed by atoms with van der Waals surface area (Å²) in [5.41, 5.74) is 1.24. The van der Waals surface area contributed by atoms with Crippen molar-refractivity contribution in [1.82, 2.24) is 20.0 Å². The second kappa shape index (κ2) is 9.38. The molecule has 2 aliphatic heterocycles. The minimum atomic E-state index is -0.280. The van der Waals surface area contributed by atoms with Crippen molar-refractivity contribution in [3.05, 3.63) is 35.9 Å². The van der Waals surface area contributed by atoms with Crippen molar-refractivity contribution < 1.29 is 9.59 Å². The standard InChI is InChI=1S/C20H27N5O2/c21-15-18-7-4-10-25(18)19(26)16-22-9-12-24-14-13-23(20(24)27)11-8-17-5-2-1-3-6-17/h1-3,5-6,18,22H,4,7-14,16H2. The van der Waals surface area contributed by atoms with Crippen molar-refractivity contribution in [2.45, 2.75) is 25.3 Å². The molecule has 1 atom stereocenters. The van der Waals surface area contributed by atoms with E-state index in [9.17, 15) is 9.59 Å². The summed E-state index contributed by atoms with van der Waals surface area (Å²) in [6.45, 7) is 4.27. The fraction of sp³-hybridized carbons (Fsp3) is 0.550. The van der Waals surface area contributed by atoms with E-state index in [0.29, 0.717) is 19.6 Å². The lowest BCUT2D eigenvalue weighted by molar-refractivity contribution is -0.130. The average Bonchev–Trinajstić information content (AvgIpc) is 3.31. The molecule has 2 fully saturated rings. The number of nitrogens with zero attached hydrogens (tertiary/aromatic N) is 4. The van der Waals surface area contributed by atoms with Crippen LogP contribution in [-0.4, -0.2) is 78.5 Å². The molecule has 2 heterocycles. The highest BCUT2D eigenvalue weighted by Crippen LogP contribution is 2.16.